The molecule has 1 aromatic heterocycles. The number of aryl methyl sites for hydroxylation is 1. The number of likely N-dealkylation sites (tertiary alicyclic amines) is 1. The van der Waals surface area contributed by atoms with E-state index in [0.717, 1.165) is 30.5 Å². The highest BCUT2D eigenvalue weighted by atomic mass is 16.2. The van der Waals surface area contributed by atoms with E-state index < -0.39 is 0 Å². The Hall–Kier alpha value is -3.21. The molecule has 2 heterocycles. The van der Waals surface area contributed by atoms with Crippen LogP contribution >= 0.6 is 0 Å². The van der Waals surface area contributed by atoms with Gasteiger partial charge < -0.3 is 4.90 Å². The lowest BCUT2D eigenvalue weighted by molar-refractivity contribution is 0.0637. The third-order valence-electron chi connectivity index (χ3n) is 5.56. The quantitative estimate of drug-likeness (QED) is 0.613. The molecule has 148 valence electrons. The summed E-state index contributed by atoms with van der Waals surface area (Å²) in [6, 6.07) is 17.9. The highest BCUT2D eigenvalue weighted by molar-refractivity contribution is 5.99. The van der Waals surface area contributed by atoms with Crippen LogP contribution in [0.3, 0.4) is 0 Å². The molecule has 1 aliphatic heterocycles. The number of ketones is 1. The minimum absolute atomic E-state index is 0.0402. The number of carbonyl (C=O) groups excluding carboxylic acids is 2. The second kappa shape index (κ2) is 8.43. The molecular formula is C24H25N3O2. The van der Waals surface area contributed by atoms with Crippen LogP contribution in [0.1, 0.15) is 40.5 Å². The first-order valence-electron chi connectivity index (χ1n) is 10.2. The van der Waals surface area contributed by atoms with E-state index in [2.05, 4.69) is 17.2 Å². The fourth-order valence-corrected chi connectivity index (χ4v) is 3.90. The van der Waals surface area contributed by atoms with Gasteiger partial charge in [0, 0.05) is 37.3 Å². The molecule has 1 amide bonds. The minimum atomic E-state index is -0.156. The summed E-state index contributed by atoms with van der Waals surface area (Å²) in [5.74, 6) is -0.0792. The molecule has 1 atom stereocenters. The smallest absolute Gasteiger partial charge is 0.257 e. The Kier molecular flexibility index (Phi) is 5.56. The van der Waals surface area contributed by atoms with Gasteiger partial charge in [-0.15, -0.1) is 0 Å². The standard InChI is InChI=1S/C24H25N3O2/c1-2-27-17-22(15-25-27)24(29)26-14-6-9-21(16-26)23(28)20-12-10-19(11-13-20)18-7-4-3-5-8-18/h3-5,7-8,10-13,15,17,21H,2,6,9,14,16H2,1H3/t21-/m1/s1. The van der Waals surface area contributed by atoms with Crippen LogP contribution in [0, 0.1) is 5.92 Å². The first kappa shape index (κ1) is 19.1. The van der Waals surface area contributed by atoms with Crippen molar-refractivity contribution >= 4 is 11.7 Å². The molecule has 5 heteroatoms. The van der Waals surface area contributed by atoms with Crippen LogP contribution in [0.5, 0.6) is 0 Å². The Labute approximate surface area is 171 Å². The van der Waals surface area contributed by atoms with Crippen LogP contribution in [0.4, 0.5) is 0 Å². The van der Waals surface area contributed by atoms with E-state index in [1.807, 2.05) is 49.4 Å². The van der Waals surface area contributed by atoms with Gasteiger partial charge >= 0.3 is 0 Å². The minimum Gasteiger partial charge on any atom is -0.338 e. The molecule has 0 aliphatic carbocycles. The summed E-state index contributed by atoms with van der Waals surface area (Å²) in [7, 11) is 0. The number of nitrogens with zero attached hydrogens (tertiary/aromatic N) is 3. The van der Waals surface area contributed by atoms with Gasteiger partial charge in [0.1, 0.15) is 0 Å². The van der Waals surface area contributed by atoms with E-state index in [0.29, 0.717) is 24.2 Å². The number of hydrogen-bond acceptors (Lipinski definition) is 3. The van der Waals surface area contributed by atoms with Gasteiger partial charge in [-0.05, 0) is 30.9 Å². The van der Waals surface area contributed by atoms with Gasteiger partial charge in [0.25, 0.3) is 5.91 Å². The van der Waals surface area contributed by atoms with E-state index in [9.17, 15) is 9.59 Å². The average Bonchev–Trinajstić information content (AvgIpc) is 3.28. The molecule has 0 N–H and O–H groups in total. The second-order valence-corrected chi connectivity index (χ2v) is 7.48. The zero-order chi connectivity index (χ0) is 20.2. The zero-order valence-corrected chi connectivity index (χ0v) is 16.6. The highest BCUT2D eigenvalue weighted by Gasteiger charge is 2.30. The van der Waals surface area contributed by atoms with E-state index in [1.54, 1.807) is 22.0 Å². The number of hydrogen-bond donors (Lipinski definition) is 0. The van der Waals surface area contributed by atoms with Crippen LogP contribution in [0.2, 0.25) is 0 Å². The zero-order valence-electron chi connectivity index (χ0n) is 16.6. The molecule has 0 unspecified atom stereocenters. The Bertz CT molecular complexity index is 992. The molecule has 1 fully saturated rings. The van der Waals surface area contributed by atoms with Crippen molar-refractivity contribution < 1.29 is 9.59 Å². The summed E-state index contributed by atoms with van der Waals surface area (Å²) in [6.07, 6.45) is 5.04. The summed E-state index contributed by atoms with van der Waals surface area (Å²) in [6.45, 7) is 3.87. The fourth-order valence-electron chi connectivity index (χ4n) is 3.90. The van der Waals surface area contributed by atoms with Crippen molar-refractivity contribution in [2.75, 3.05) is 13.1 Å². The number of aromatic nitrogens is 2. The predicted molar refractivity (Wildman–Crippen MR) is 113 cm³/mol. The average molecular weight is 387 g/mol. The maximum absolute atomic E-state index is 13.0. The van der Waals surface area contributed by atoms with Crippen LogP contribution in [0.25, 0.3) is 11.1 Å². The summed E-state index contributed by atoms with van der Waals surface area (Å²) in [4.78, 5) is 27.6. The topological polar surface area (TPSA) is 55.2 Å². The Morgan fingerprint density at radius 2 is 1.72 bits per heavy atom. The lowest BCUT2D eigenvalue weighted by Crippen LogP contribution is -2.42. The van der Waals surface area contributed by atoms with Gasteiger partial charge in [-0.2, -0.15) is 5.10 Å². The first-order chi connectivity index (χ1) is 14.2. The van der Waals surface area contributed by atoms with Crippen molar-refractivity contribution in [3.8, 4) is 11.1 Å². The van der Waals surface area contributed by atoms with E-state index in [4.69, 9.17) is 0 Å². The SMILES string of the molecule is CCn1cc(C(=O)N2CCC[C@@H](C(=O)c3ccc(-c4ccccc4)cc3)C2)cn1. The van der Waals surface area contributed by atoms with E-state index in [-0.39, 0.29) is 17.6 Å². The van der Waals surface area contributed by atoms with Crippen molar-refractivity contribution in [2.24, 2.45) is 5.92 Å². The molecule has 29 heavy (non-hydrogen) atoms. The maximum Gasteiger partial charge on any atom is 0.257 e. The van der Waals surface area contributed by atoms with Crippen molar-refractivity contribution in [3.05, 3.63) is 78.1 Å². The molecule has 1 saturated heterocycles. The first-order valence-corrected chi connectivity index (χ1v) is 10.2. The molecular weight excluding hydrogens is 362 g/mol. The molecule has 2 aromatic carbocycles. The highest BCUT2D eigenvalue weighted by Crippen LogP contribution is 2.24. The molecule has 0 saturated carbocycles. The number of benzene rings is 2. The number of amides is 1. The molecule has 5 nitrogen and oxygen atoms in total. The molecule has 1 aliphatic rings. The monoisotopic (exact) mass is 387 g/mol. The van der Waals surface area contributed by atoms with Crippen molar-refractivity contribution in [3.63, 3.8) is 0 Å². The van der Waals surface area contributed by atoms with Crippen LogP contribution < -0.4 is 0 Å². The summed E-state index contributed by atoms with van der Waals surface area (Å²) in [5, 5.41) is 4.19. The number of rotatable bonds is 5. The van der Waals surface area contributed by atoms with Crippen molar-refractivity contribution in [2.45, 2.75) is 26.3 Å². The Balaban J connectivity index is 1.45. The van der Waals surface area contributed by atoms with Gasteiger partial charge in [0.15, 0.2) is 5.78 Å². The van der Waals surface area contributed by atoms with Gasteiger partial charge in [0.05, 0.1) is 11.8 Å². The Morgan fingerprint density at radius 3 is 2.41 bits per heavy atom. The fraction of sp³-hybridized carbons (Fsp3) is 0.292. The third-order valence-corrected chi connectivity index (χ3v) is 5.56. The lowest BCUT2D eigenvalue weighted by atomic mass is 9.89. The third kappa shape index (κ3) is 4.14. The van der Waals surface area contributed by atoms with Crippen LogP contribution in [0.15, 0.2) is 67.0 Å². The molecule has 0 radical (unpaired) electrons. The summed E-state index contributed by atoms with van der Waals surface area (Å²) >= 11 is 0. The van der Waals surface area contributed by atoms with E-state index >= 15 is 0 Å². The van der Waals surface area contributed by atoms with Crippen LogP contribution in [-0.2, 0) is 6.54 Å². The number of piperidine rings is 1. The van der Waals surface area contributed by atoms with E-state index in [1.165, 1.54) is 0 Å². The van der Waals surface area contributed by atoms with Gasteiger partial charge in [-0.25, -0.2) is 0 Å². The summed E-state index contributed by atoms with van der Waals surface area (Å²) < 4.78 is 1.74. The van der Waals surface area contributed by atoms with Crippen molar-refractivity contribution in [1.29, 1.82) is 0 Å². The van der Waals surface area contributed by atoms with Crippen molar-refractivity contribution in [1.82, 2.24) is 14.7 Å². The molecule has 0 bridgehead atoms. The second-order valence-electron chi connectivity index (χ2n) is 7.48. The largest absolute Gasteiger partial charge is 0.338 e. The van der Waals surface area contributed by atoms with Gasteiger partial charge in [-0.3, -0.25) is 14.3 Å². The normalized spacial score (nSPS) is 16.6. The molecule has 4 rings (SSSR count). The van der Waals surface area contributed by atoms with Crippen LogP contribution in [-0.4, -0.2) is 39.5 Å². The molecule has 0 spiro atoms. The predicted octanol–water partition coefficient (Wildman–Crippen LogP) is 4.31. The summed E-state index contributed by atoms with van der Waals surface area (Å²) in [5.41, 5.74) is 3.53. The number of carbonyl (C=O) groups is 2. The molecule has 3 aromatic rings. The lowest BCUT2D eigenvalue weighted by Gasteiger charge is -2.31. The Morgan fingerprint density at radius 1 is 1.00 bits per heavy atom. The maximum atomic E-state index is 13.0. The number of Topliss-reactive ketones (excluding diaryl/α,β-unsaturated/α-hetero) is 1. The van der Waals surface area contributed by atoms with Gasteiger partial charge in [0.2, 0.25) is 0 Å². The van der Waals surface area contributed by atoms with Gasteiger partial charge in [-0.1, -0.05) is 54.6 Å².